The van der Waals surface area contributed by atoms with Gasteiger partial charge >= 0.3 is 0 Å². The third kappa shape index (κ3) is 5.07. The van der Waals surface area contributed by atoms with Crippen LogP contribution in [0.5, 0.6) is 0 Å². The minimum Gasteiger partial charge on any atom is -0.355 e. The molecule has 0 aromatic carbocycles. The van der Waals surface area contributed by atoms with Crippen LogP contribution in [0.15, 0.2) is 0 Å². The van der Waals surface area contributed by atoms with Crippen molar-refractivity contribution in [2.75, 3.05) is 6.54 Å². The van der Waals surface area contributed by atoms with Gasteiger partial charge in [-0.15, -0.1) is 0 Å². The van der Waals surface area contributed by atoms with E-state index in [1.165, 1.54) is 32.1 Å². The van der Waals surface area contributed by atoms with Crippen LogP contribution in [-0.2, 0) is 4.79 Å². The zero-order valence-corrected chi connectivity index (χ0v) is 11.4. The molecule has 3 N–H and O–H groups in total. The predicted octanol–water partition coefficient (Wildman–Crippen LogP) is 2.59. The molecule has 3 heteroatoms. The van der Waals surface area contributed by atoms with Crippen molar-refractivity contribution in [3.8, 4) is 0 Å². The maximum absolute atomic E-state index is 11.8. The highest BCUT2D eigenvalue weighted by molar-refractivity contribution is 5.86. The topological polar surface area (TPSA) is 55.1 Å². The highest BCUT2D eigenvalue weighted by atomic mass is 16.2. The normalized spacial score (nSPS) is 18.8. The number of carbonyl (C=O) groups is 1. The van der Waals surface area contributed by atoms with Gasteiger partial charge in [0, 0.05) is 6.54 Å². The van der Waals surface area contributed by atoms with Gasteiger partial charge in [0.1, 0.15) is 0 Å². The Morgan fingerprint density at radius 3 is 2.41 bits per heavy atom. The van der Waals surface area contributed by atoms with Gasteiger partial charge in [-0.25, -0.2) is 0 Å². The van der Waals surface area contributed by atoms with Crippen LogP contribution in [0.1, 0.15) is 65.2 Å². The highest BCUT2D eigenvalue weighted by Gasteiger charge is 2.43. The third-order valence-corrected chi connectivity index (χ3v) is 3.73. The second-order valence-electron chi connectivity index (χ2n) is 5.58. The number of nitrogens with two attached hydrogens (primary N) is 1. The summed E-state index contributed by atoms with van der Waals surface area (Å²) in [6.45, 7) is 4.87. The molecule has 1 amide bonds. The van der Waals surface area contributed by atoms with Crippen LogP contribution in [0.3, 0.4) is 0 Å². The number of unbranched alkanes of at least 4 members (excludes halogenated alkanes) is 5. The van der Waals surface area contributed by atoms with Crippen LogP contribution in [0.2, 0.25) is 0 Å². The standard InChI is InChI=1S/C14H28N2O/c1-3-4-5-6-7-8-11-16-13(17)14(2,15)12-9-10-12/h12H,3-11,15H2,1-2H3,(H,16,17). The SMILES string of the molecule is CCCCCCCCNC(=O)C(C)(N)C1CC1. The van der Waals surface area contributed by atoms with E-state index in [0.717, 1.165) is 25.8 Å². The molecule has 1 rings (SSSR count). The molecule has 0 radical (unpaired) electrons. The maximum Gasteiger partial charge on any atom is 0.240 e. The van der Waals surface area contributed by atoms with Gasteiger partial charge < -0.3 is 11.1 Å². The van der Waals surface area contributed by atoms with Crippen molar-refractivity contribution < 1.29 is 4.79 Å². The van der Waals surface area contributed by atoms with Gasteiger partial charge in [-0.3, -0.25) is 4.79 Å². The summed E-state index contributed by atoms with van der Waals surface area (Å²) in [6, 6.07) is 0. The molecular formula is C14H28N2O. The largest absolute Gasteiger partial charge is 0.355 e. The third-order valence-electron chi connectivity index (χ3n) is 3.73. The van der Waals surface area contributed by atoms with Crippen molar-refractivity contribution in [1.29, 1.82) is 0 Å². The predicted molar refractivity (Wildman–Crippen MR) is 71.7 cm³/mol. The Bertz CT molecular complexity index is 234. The number of hydrogen-bond acceptors (Lipinski definition) is 2. The molecule has 0 aromatic rings. The molecule has 0 heterocycles. The van der Waals surface area contributed by atoms with E-state index in [1.807, 2.05) is 6.92 Å². The molecule has 0 aromatic heterocycles. The Balaban J connectivity index is 2.00. The molecule has 1 atom stereocenters. The average molecular weight is 240 g/mol. The summed E-state index contributed by atoms with van der Waals surface area (Å²) < 4.78 is 0. The second kappa shape index (κ2) is 7.00. The summed E-state index contributed by atoms with van der Waals surface area (Å²) in [4.78, 5) is 11.8. The number of nitrogens with one attached hydrogen (secondary N) is 1. The first-order valence-electron chi connectivity index (χ1n) is 7.16. The number of amides is 1. The summed E-state index contributed by atoms with van der Waals surface area (Å²) in [6.07, 6.45) is 9.72. The molecule has 1 fully saturated rings. The molecule has 1 aliphatic rings. The molecular weight excluding hydrogens is 212 g/mol. The number of rotatable bonds is 9. The summed E-state index contributed by atoms with van der Waals surface area (Å²) in [7, 11) is 0. The van der Waals surface area contributed by atoms with Crippen molar-refractivity contribution in [3.63, 3.8) is 0 Å². The van der Waals surface area contributed by atoms with Crippen molar-refractivity contribution in [3.05, 3.63) is 0 Å². The Kier molecular flexibility index (Phi) is 5.96. The molecule has 17 heavy (non-hydrogen) atoms. The molecule has 1 unspecified atom stereocenters. The minimum absolute atomic E-state index is 0.0357. The van der Waals surface area contributed by atoms with Gasteiger partial charge in [0.25, 0.3) is 0 Å². The Morgan fingerprint density at radius 2 is 1.82 bits per heavy atom. The van der Waals surface area contributed by atoms with Crippen molar-refractivity contribution in [1.82, 2.24) is 5.32 Å². The van der Waals surface area contributed by atoms with Crippen molar-refractivity contribution in [2.45, 2.75) is 70.8 Å². The summed E-state index contributed by atoms with van der Waals surface area (Å²) in [5.41, 5.74) is 5.40. The van der Waals surface area contributed by atoms with Crippen LogP contribution >= 0.6 is 0 Å². The number of carbonyl (C=O) groups excluding carboxylic acids is 1. The van der Waals surface area contributed by atoms with E-state index in [9.17, 15) is 4.79 Å². The van der Waals surface area contributed by atoms with E-state index < -0.39 is 5.54 Å². The minimum atomic E-state index is -0.637. The maximum atomic E-state index is 11.8. The fraction of sp³-hybridized carbons (Fsp3) is 0.929. The Morgan fingerprint density at radius 1 is 1.24 bits per heavy atom. The van der Waals surface area contributed by atoms with Gasteiger partial charge in [0.2, 0.25) is 5.91 Å². The van der Waals surface area contributed by atoms with E-state index in [0.29, 0.717) is 5.92 Å². The molecule has 1 saturated carbocycles. The lowest BCUT2D eigenvalue weighted by atomic mass is 9.96. The molecule has 0 bridgehead atoms. The van der Waals surface area contributed by atoms with Gasteiger partial charge in [-0.2, -0.15) is 0 Å². The average Bonchev–Trinajstić information content (AvgIpc) is 3.11. The monoisotopic (exact) mass is 240 g/mol. The Hall–Kier alpha value is -0.570. The zero-order valence-electron chi connectivity index (χ0n) is 11.4. The van der Waals surface area contributed by atoms with E-state index in [2.05, 4.69) is 12.2 Å². The summed E-state index contributed by atoms with van der Waals surface area (Å²) >= 11 is 0. The van der Waals surface area contributed by atoms with Crippen LogP contribution in [-0.4, -0.2) is 18.0 Å². The summed E-state index contributed by atoms with van der Waals surface area (Å²) in [5.74, 6) is 0.445. The van der Waals surface area contributed by atoms with Crippen LogP contribution in [0.25, 0.3) is 0 Å². The lowest BCUT2D eigenvalue weighted by Gasteiger charge is -2.23. The van der Waals surface area contributed by atoms with Gasteiger partial charge in [-0.1, -0.05) is 39.0 Å². The molecule has 0 aliphatic heterocycles. The van der Waals surface area contributed by atoms with E-state index in [4.69, 9.17) is 5.73 Å². The molecule has 0 saturated heterocycles. The van der Waals surface area contributed by atoms with E-state index in [1.54, 1.807) is 0 Å². The lowest BCUT2D eigenvalue weighted by molar-refractivity contribution is -0.126. The first kappa shape index (κ1) is 14.5. The number of hydrogen-bond donors (Lipinski definition) is 2. The zero-order chi connectivity index (χ0) is 12.7. The second-order valence-corrected chi connectivity index (χ2v) is 5.58. The first-order chi connectivity index (χ1) is 8.09. The quantitative estimate of drug-likeness (QED) is 0.609. The lowest BCUT2D eigenvalue weighted by Crippen LogP contribution is -2.53. The summed E-state index contributed by atoms with van der Waals surface area (Å²) in [5, 5.41) is 2.97. The van der Waals surface area contributed by atoms with Crippen LogP contribution in [0, 0.1) is 5.92 Å². The molecule has 0 spiro atoms. The highest BCUT2D eigenvalue weighted by Crippen LogP contribution is 2.38. The fourth-order valence-electron chi connectivity index (χ4n) is 2.17. The molecule has 3 nitrogen and oxygen atoms in total. The van der Waals surface area contributed by atoms with E-state index >= 15 is 0 Å². The van der Waals surface area contributed by atoms with Gasteiger partial charge in [0.15, 0.2) is 0 Å². The van der Waals surface area contributed by atoms with Crippen molar-refractivity contribution >= 4 is 5.91 Å². The van der Waals surface area contributed by atoms with Crippen LogP contribution < -0.4 is 11.1 Å². The van der Waals surface area contributed by atoms with Crippen LogP contribution in [0.4, 0.5) is 0 Å². The van der Waals surface area contributed by atoms with Gasteiger partial charge in [-0.05, 0) is 32.1 Å². The fourth-order valence-corrected chi connectivity index (χ4v) is 2.17. The molecule has 100 valence electrons. The Labute approximate surface area is 106 Å². The smallest absolute Gasteiger partial charge is 0.240 e. The first-order valence-corrected chi connectivity index (χ1v) is 7.16. The van der Waals surface area contributed by atoms with Crippen molar-refractivity contribution in [2.24, 2.45) is 11.7 Å². The van der Waals surface area contributed by atoms with Gasteiger partial charge in [0.05, 0.1) is 5.54 Å². The van der Waals surface area contributed by atoms with E-state index in [-0.39, 0.29) is 5.91 Å². The molecule has 1 aliphatic carbocycles.